The number of hydrogen-bond acceptors (Lipinski definition) is 1. The summed E-state index contributed by atoms with van der Waals surface area (Å²) in [6.45, 7) is 0.545. The van der Waals surface area contributed by atoms with Crippen LogP contribution in [-0.4, -0.2) is 17.8 Å². The van der Waals surface area contributed by atoms with Gasteiger partial charge in [-0.15, -0.1) is 11.6 Å². The first-order valence-electron chi connectivity index (χ1n) is 5.45. The van der Waals surface area contributed by atoms with Crippen LogP contribution >= 0.6 is 50.1 Å². The third-order valence-electron chi connectivity index (χ3n) is 2.76. The van der Waals surface area contributed by atoms with Crippen LogP contribution < -0.4 is 5.32 Å². The Hall–Kier alpha value is 0.190. The van der Waals surface area contributed by atoms with Gasteiger partial charge in [0.05, 0.1) is 10.9 Å². The monoisotopic (exact) mass is 427 g/mol. The fraction of sp³-hybridized carbons (Fsp3) is 0.417. The lowest BCUT2D eigenvalue weighted by molar-refractivity contribution is 0.0952. The maximum absolute atomic E-state index is 12.0. The first-order chi connectivity index (χ1) is 8.08. The highest BCUT2D eigenvalue weighted by molar-refractivity contribution is 14.1. The summed E-state index contributed by atoms with van der Waals surface area (Å²) in [5.41, 5.74) is 0.663. The molecule has 0 saturated heterocycles. The Kier molecular flexibility index (Phi) is 4.72. The van der Waals surface area contributed by atoms with Gasteiger partial charge in [0.25, 0.3) is 5.91 Å². The number of hydrogen-bond donors (Lipinski definition) is 1. The average Bonchev–Trinajstić information content (AvgIpc) is 3.12. The molecular weight excluding hydrogens is 416 g/mol. The molecule has 1 fully saturated rings. The molecule has 5 heteroatoms. The quantitative estimate of drug-likeness (QED) is 0.574. The number of benzene rings is 1. The molecule has 1 unspecified atom stereocenters. The van der Waals surface area contributed by atoms with Crippen molar-refractivity contribution in [3.8, 4) is 0 Å². The summed E-state index contributed by atoms with van der Waals surface area (Å²) in [4.78, 5) is 12.0. The smallest absolute Gasteiger partial charge is 0.252 e. The third-order valence-corrected chi connectivity index (χ3v) is 4.64. The van der Waals surface area contributed by atoms with E-state index in [4.69, 9.17) is 11.6 Å². The second-order valence-corrected chi connectivity index (χ2v) is 6.85. The van der Waals surface area contributed by atoms with Crippen LogP contribution in [0.2, 0.25) is 0 Å². The highest BCUT2D eigenvalue weighted by Gasteiger charge is 2.29. The molecule has 0 spiro atoms. The van der Waals surface area contributed by atoms with E-state index < -0.39 is 0 Å². The minimum Gasteiger partial charge on any atom is -0.351 e. The first-order valence-corrected chi connectivity index (χ1v) is 7.76. The van der Waals surface area contributed by atoms with E-state index in [9.17, 15) is 4.79 Å². The molecule has 1 saturated carbocycles. The second kappa shape index (κ2) is 5.89. The molecule has 2 nitrogen and oxygen atoms in total. The minimum absolute atomic E-state index is 0.0679. The molecule has 1 N–H and O–H groups in total. The minimum atomic E-state index is -0.0679. The summed E-state index contributed by atoms with van der Waals surface area (Å²) in [7, 11) is 0. The Morgan fingerprint density at radius 2 is 2.29 bits per heavy atom. The van der Waals surface area contributed by atoms with Crippen LogP contribution in [0.15, 0.2) is 22.7 Å². The van der Waals surface area contributed by atoms with Crippen molar-refractivity contribution in [3.63, 3.8) is 0 Å². The van der Waals surface area contributed by atoms with Crippen molar-refractivity contribution < 1.29 is 4.79 Å². The molecule has 1 aromatic rings. The maximum Gasteiger partial charge on any atom is 0.252 e. The van der Waals surface area contributed by atoms with Gasteiger partial charge in [0.2, 0.25) is 0 Å². The fourth-order valence-corrected chi connectivity index (χ4v) is 2.83. The lowest BCUT2D eigenvalue weighted by atomic mass is 10.2. The van der Waals surface area contributed by atoms with Crippen LogP contribution in [0.3, 0.4) is 0 Å². The van der Waals surface area contributed by atoms with Gasteiger partial charge < -0.3 is 5.32 Å². The lowest BCUT2D eigenvalue weighted by Gasteiger charge is -2.10. The van der Waals surface area contributed by atoms with Crippen molar-refractivity contribution in [2.45, 2.75) is 18.2 Å². The standard InChI is InChI=1S/C12H12BrClINO/c13-10-4-3-8(15)5-9(10)12(17)16-6-11(14)7-1-2-7/h3-5,7,11H,1-2,6H2,(H,16,17). The van der Waals surface area contributed by atoms with Crippen LogP contribution in [0.4, 0.5) is 0 Å². The van der Waals surface area contributed by atoms with Gasteiger partial charge in [0, 0.05) is 14.6 Å². The predicted octanol–water partition coefficient (Wildman–Crippen LogP) is 3.80. The normalized spacial score (nSPS) is 16.6. The predicted molar refractivity (Wildman–Crippen MR) is 81.6 cm³/mol. The van der Waals surface area contributed by atoms with Gasteiger partial charge in [-0.3, -0.25) is 4.79 Å². The molecule has 1 amide bonds. The molecule has 92 valence electrons. The van der Waals surface area contributed by atoms with Crippen LogP contribution in [0.5, 0.6) is 0 Å². The Bertz CT molecular complexity index is 437. The number of rotatable bonds is 4. The van der Waals surface area contributed by atoms with Crippen molar-refractivity contribution in [3.05, 3.63) is 31.8 Å². The Labute approximate surface area is 128 Å². The molecule has 1 aliphatic rings. The van der Waals surface area contributed by atoms with Crippen LogP contribution in [0.25, 0.3) is 0 Å². The second-order valence-electron chi connectivity index (χ2n) is 4.19. The Morgan fingerprint density at radius 3 is 2.94 bits per heavy atom. The molecular formula is C12H12BrClINO. The molecule has 0 aliphatic heterocycles. The van der Waals surface area contributed by atoms with Gasteiger partial charge in [-0.25, -0.2) is 0 Å². The number of alkyl halides is 1. The first kappa shape index (κ1) is 13.6. The Morgan fingerprint density at radius 1 is 1.59 bits per heavy atom. The largest absolute Gasteiger partial charge is 0.351 e. The van der Waals surface area contributed by atoms with Gasteiger partial charge in [0.1, 0.15) is 0 Å². The van der Waals surface area contributed by atoms with Gasteiger partial charge in [-0.05, 0) is 75.5 Å². The fourth-order valence-electron chi connectivity index (χ4n) is 1.58. The van der Waals surface area contributed by atoms with E-state index in [0.717, 1.165) is 8.04 Å². The maximum atomic E-state index is 12.0. The number of carbonyl (C=O) groups excluding carboxylic acids is 1. The SMILES string of the molecule is O=C(NCC(Cl)C1CC1)c1cc(I)ccc1Br. The number of halogens is 3. The molecule has 0 aromatic heterocycles. The van der Waals surface area contributed by atoms with E-state index in [2.05, 4.69) is 43.8 Å². The zero-order chi connectivity index (χ0) is 12.4. The molecule has 0 radical (unpaired) electrons. The van der Waals surface area contributed by atoms with E-state index >= 15 is 0 Å². The molecule has 2 rings (SSSR count). The van der Waals surface area contributed by atoms with Gasteiger partial charge in [-0.2, -0.15) is 0 Å². The van der Waals surface area contributed by atoms with Crippen molar-refractivity contribution in [2.75, 3.05) is 6.54 Å². The van der Waals surface area contributed by atoms with Crippen molar-refractivity contribution in [1.82, 2.24) is 5.32 Å². The Balaban J connectivity index is 1.96. The summed E-state index contributed by atoms with van der Waals surface area (Å²) in [5, 5.41) is 2.95. The third kappa shape index (κ3) is 3.83. The topological polar surface area (TPSA) is 29.1 Å². The van der Waals surface area contributed by atoms with E-state index in [-0.39, 0.29) is 11.3 Å². The molecule has 1 aliphatic carbocycles. The molecule has 1 atom stereocenters. The van der Waals surface area contributed by atoms with Crippen LogP contribution in [0.1, 0.15) is 23.2 Å². The average molecular weight is 428 g/mol. The van der Waals surface area contributed by atoms with E-state index in [0.29, 0.717) is 18.0 Å². The van der Waals surface area contributed by atoms with Crippen molar-refractivity contribution in [2.24, 2.45) is 5.92 Å². The molecule has 1 aromatic carbocycles. The van der Waals surface area contributed by atoms with E-state index in [1.165, 1.54) is 12.8 Å². The summed E-state index contributed by atoms with van der Waals surface area (Å²) in [5.74, 6) is 0.526. The highest BCUT2D eigenvalue weighted by atomic mass is 127. The zero-order valence-electron chi connectivity index (χ0n) is 9.05. The lowest BCUT2D eigenvalue weighted by Crippen LogP contribution is -2.30. The summed E-state index contributed by atoms with van der Waals surface area (Å²) in [6.07, 6.45) is 2.38. The summed E-state index contributed by atoms with van der Waals surface area (Å²) in [6, 6.07) is 5.70. The number of nitrogens with one attached hydrogen (secondary N) is 1. The van der Waals surface area contributed by atoms with Crippen molar-refractivity contribution in [1.29, 1.82) is 0 Å². The zero-order valence-corrected chi connectivity index (χ0v) is 13.5. The van der Waals surface area contributed by atoms with Gasteiger partial charge >= 0.3 is 0 Å². The highest BCUT2D eigenvalue weighted by Crippen LogP contribution is 2.35. The summed E-state index contributed by atoms with van der Waals surface area (Å²) < 4.78 is 1.86. The van der Waals surface area contributed by atoms with Crippen molar-refractivity contribution >= 4 is 56.0 Å². The van der Waals surface area contributed by atoms with Crippen LogP contribution in [0, 0.1) is 9.49 Å². The van der Waals surface area contributed by atoms with E-state index in [1.54, 1.807) is 0 Å². The van der Waals surface area contributed by atoms with Gasteiger partial charge in [0.15, 0.2) is 0 Å². The summed E-state index contributed by atoms with van der Waals surface area (Å²) >= 11 is 11.7. The van der Waals surface area contributed by atoms with Gasteiger partial charge in [-0.1, -0.05) is 0 Å². The molecule has 0 heterocycles. The number of carbonyl (C=O) groups is 1. The molecule has 0 bridgehead atoms. The van der Waals surface area contributed by atoms with Crippen LogP contribution in [-0.2, 0) is 0 Å². The number of amides is 1. The van der Waals surface area contributed by atoms with E-state index in [1.807, 2.05) is 18.2 Å². The molecule has 17 heavy (non-hydrogen) atoms.